The van der Waals surface area contributed by atoms with Crippen molar-refractivity contribution in [1.82, 2.24) is 10.6 Å². The fourth-order valence-corrected chi connectivity index (χ4v) is 3.70. The maximum Gasteiger partial charge on any atom is 0.251 e. The third kappa shape index (κ3) is 5.82. The van der Waals surface area contributed by atoms with E-state index in [-0.39, 0.29) is 24.4 Å². The van der Waals surface area contributed by atoms with Crippen LogP contribution < -0.4 is 15.4 Å². The van der Waals surface area contributed by atoms with E-state index in [4.69, 9.17) is 16.3 Å². The molecular weight excluding hydrogens is 408 g/mol. The quantitative estimate of drug-likeness (QED) is 0.557. The molecule has 0 bridgehead atoms. The van der Waals surface area contributed by atoms with Gasteiger partial charge in [0.2, 0.25) is 5.91 Å². The van der Waals surface area contributed by atoms with Crippen LogP contribution in [-0.2, 0) is 4.79 Å². The van der Waals surface area contributed by atoms with Crippen LogP contribution in [0.2, 0.25) is 5.02 Å². The summed E-state index contributed by atoms with van der Waals surface area (Å²) < 4.78 is 5.36. The molecule has 0 aliphatic carbocycles. The topological polar surface area (TPSA) is 67.4 Å². The molecule has 1 unspecified atom stereocenters. The van der Waals surface area contributed by atoms with Gasteiger partial charge >= 0.3 is 0 Å². The number of carbonyl (C=O) groups is 2. The van der Waals surface area contributed by atoms with Gasteiger partial charge in [-0.2, -0.15) is 0 Å². The second kappa shape index (κ2) is 10.1. The van der Waals surface area contributed by atoms with Gasteiger partial charge in [0.1, 0.15) is 5.75 Å². The summed E-state index contributed by atoms with van der Waals surface area (Å²) in [7, 11) is 0. The van der Waals surface area contributed by atoms with E-state index in [0.717, 1.165) is 10.4 Å². The Kier molecular flexibility index (Phi) is 7.27. The van der Waals surface area contributed by atoms with Gasteiger partial charge in [0.25, 0.3) is 5.91 Å². The monoisotopic (exact) mass is 428 g/mol. The minimum atomic E-state index is -0.317. The highest BCUT2D eigenvalue weighted by Crippen LogP contribution is 2.27. The van der Waals surface area contributed by atoms with Gasteiger partial charge in [-0.3, -0.25) is 9.59 Å². The van der Waals surface area contributed by atoms with E-state index >= 15 is 0 Å². The lowest BCUT2D eigenvalue weighted by Crippen LogP contribution is -2.38. The van der Waals surface area contributed by atoms with E-state index in [0.29, 0.717) is 22.9 Å². The molecule has 3 rings (SSSR count). The Morgan fingerprint density at radius 1 is 1.07 bits per heavy atom. The summed E-state index contributed by atoms with van der Waals surface area (Å²) in [5.41, 5.74) is 1.39. The van der Waals surface area contributed by atoms with E-state index in [1.165, 1.54) is 0 Å². The average molecular weight is 429 g/mol. The first-order valence-electron chi connectivity index (χ1n) is 9.16. The number of benzene rings is 2. The molecule has 0 radical (unpaired) electrons. The number of amides is 2. The number of nitrogens with one attached hydrogen (secondary N) is 2. The maximum atomic E-state index is 12.5. The van der Waals surface area contributed by atoms with Crippen LogP contribution in [0.5, 0.6) is 5.75 Å². The Morgan fingerprint density at radius 3 is 2.41 bits per heavy atom. The van der Waals surface area contributed by atoms with Crippen molar-refractivity contribution >= 4 is 34.8 Å². The Labute approximate surface area is 178 Å². The molecule has 3 aromatic rings. The minimum absolute atomic E-state index is 0.124. The Morgan fingerprint density at radius 2 is 1.79 bits per heavy atom. The lowest BCUT2D eigenvalue weighted by Gasteiger charge is -2.18. The van der Waals surface area contributed by atoms with Crippen molar-refractivity contribution in [3.63, 3.8) is 0 Å². The number of halogens is 1. The van der Waals surface area contributed by atoms with Crippen LogP contribution in [0.1, 0.15) is 33.8 Å². The molecule has 2 aromatic carbocycles. The average Bonchev–Trinajstić information content (AvgIpc) is 3.26. The van der Waals surface area contributed by atoms with Gasteiger partial charge in [0, 0.05) is 15.5 Å². The summed E-state index contributed by atoms with van der Waals surface area (Å²) >= 11 is 7.53. The van der Waals surface area contributed by atoms with Gasteiger partial charge in [-0.15, -0.1) is 11.3 Å². The van der Waals surface area contributed by atoms with E-state index in [1.54, 1.807) is 47.7 Å². The van der Waals surface area contributed by atoms with Crippen LogP contribution in [0.3, 0.4) is 0 Å². The number of rotatable bonds is 8. The highest BCUT2D eigenvalue weighted by atomic mass is 35.5. The van der Waals surface area contributed by atoms with Crippen LogP contribution in [0.25, 0.3) is 0 Å². The third-order valence-electron chi connectivity index (χ3n) is 4.17. The molecule has 0 aliphatic heterocycles. The number of hydrogen-bond donors (Lipinski definition) is 2. The van der Waals surface area contributed by atoms with Crippen molar-refractivity contribution in [3.8, 4) is 5.75 Å². The van der Waals surface area contributed by atoms with E-state index in [1.807, 2.05) is 36.6 Å². The first kappa shape index (κ1) is 20.9. The van der Waals surface area contributed by atoms with Crippen molar-refractivity contribution in [2.24, 2.45) is 0 Å². The molecule has 1 aromatic heterocycles. The molecule has 5 nitrogen and oxygen atoms in total. The van der Waals surface area contributed by atoms with E-state index < -0.39 is 0 Å². The van der Waals surface area contributed by atoms with E-state index in [9.17, 15) is 9.59 Å². The molecule has 2 N–H and O–H groups in total. The van der Waals surface area contributed by atoms with E-state index in [2.05, 4.69) is 10.6 Å². The largest absolute Gasteiger partial charge is 0.494 e. The highest BCUT2D eigenvalue weighted by Gasteiger charge is 2.18. The fourth-order valence-electron chi connectivity index (χ4n) is 2.77. The summed E-state index contributed by atoms with van der Waals surface area (Å²) in [4.78, 5) is 25.8. The van der Waals surface area contributed by atoms with Crippen LogP contribution in [0.4, 0.5) is 0 Å². The molecule has 0 fully saturated rings. The van der Waals surface area contributed by atoms with Crippen molar-refractivity contribution < 1.29 is 14.3 Å². The molecule has 1 atom stereocenters. The first-order chi connectivity index (χ1) is 14.1. The third-order valence-corrected chi connectivity index (χ3v) is 5.36. The van der Waals surface area contributed by atoms with Gasteiger partial charge in [0.05, 0.1) is 19.2 Å². The molecule has 7 heteroatoms. The van der Waals surface area contributed by atoms with Crippen LogP contribution in [0, 0.1) is 0 Å². The molecule has 150 valence electrons. The van der Waals surface area contributed by atoms with Crippen LogP contribution >= 0.6 is 22.9 Å². The predicted octanol–water partition coefficient (Wildman–Crippen LogP) is 4.44. The summed E-state index contributed by atoms with van der Waals surface area (Å²) in [6.45, 7) is 2.33. The normalized spacial score (nSPS) is 11.5. The Balaban J connectivity index is 1.61. The summed E-state index contributed by atoms with van der Waals surface area (Å²) in [6.07, 6.45) is 0. The van der Waals surface area contributed by atoms with Crippen LogP contribution in [-0.4, -0.2) is 25.0 Å². The molecular formula is C22H21ClN2O3S. The molecule has 0 aliphatic rings. The number of hydrogen-bond acceptors (Lipinski definition) is 4. The fraction of sp³-hybridized carbons (Fsp3) is 0.182. The molecule has 0 spiro atoms. The summed E-state index contributed by atoms with van der Waals surface area (Å²) in [5, 5.41) is 8.22. The first-order valence-corrected chi connectivity index (χ1v) is 10.4. The maximum absolute atomic E-state index is 12.5. The number of carbonyl (C=O) groups excluding carboxylic acids is 2. The number of thiophene rings is 1. The Hall–Kier alpha value is -2.83. The SMILES string of the molecule is CCOc1ccc(C(=O)NCC(=O)NC(c2ccc(Cl)cc2)c2cccs2)cc1. The minimum Gasteiger partial charge on any atom is -0.494 e. The molecule has 2 amide bonds. The second-order valence-electron chi connectivity index (χ2n) is 6.21. The predicted molar refractivity (Wildman–Crippen MR) is 116 cm³/mol. The Bertz CT molecular complexity index is 941. The molecule has 29 heavy (non-hydrogen) atoms. The van der Waals surface area contributed by atoms with Gasteiger partial charge in [-0.25, -0.2) is 0 Å². The van der Waals surface area contributed by atoms with Crippen molar-refractivity contribution in [2.75, 3.05) is 13.2 Å². The zero-order chi connectivity index (χ0) is 20.6. The smallest absolute Gasteiger partial charge is 0.251 e. The van der Waals surface area contributed by atoms with Gasteiger partial charge < -0.3 is 15.4 Å². The van der Waals surface area contributed by atoms with Crippen molar-refractivity contribution in [2.45, 2.75) is 13.0 Å². The van der Waals surface area contributed by atoms with Crippen molar-refractivity contribution in [3.05, 3.63) is 87.1 Å². The van der Waals surface area contributed by atoms with Gasteiger partial charge in [-0.05, 0) is 60.3 Å². The highest BCUT2D eigenvalue weighted by molar-refractivity contribution is 7.10. The van der Waals surface area contributed by atoms with Crippen molar-refractivity contribution in [1.29, 1.82) is 0 Å². The zero-order valence-electron chi connectivity index (χ0n) is 15.9. The summed E-state index contributed by atoms with van der Waals surface area (Å²) in [5.74, 6) is 0.101. The second-order valence-corrected chi connectivity index (χ2v) is 7.62. The molecule has 1 heterocycles. The molecule has 0 saturated heterocycles. The van der Waals surface area contributed by atoms with Gasteiger partial charge in [-0.1, -0.05) is 29.8 Å². The summed E-state index contributed by atoms with van der Waals surface area (Å²) in [6, 6.07) is 17.7. The van der Waals surface area contributed by atoms with Crippen LogP contribution in [0.15, 0.2) is 66.0 Å². The lowest BCUT2D eigenvalue weighted by atomic mass is 10.1. The number of ether oxygens (including phenoxy) is 1. The van der Waals surface area contributed by atoms with Gasteiger partial charge in [0.15, 0.2) is 0 Å². The molecule has 0 saturated carbocycles. The zero-order valence-corrected chi connectivity index (χ0v) is 17.4. The standard InChI is InChI=1S/C22H21ClN2O3S/c1-2-28-18-11-7-16(8-12-18)22(27)24-14-20(26)25-21(19-4-3-13-29-19)15-5-9-17(23)10-6-15/h3-13,21H,2,14H2,1H3,(H,24,27)(H,25,26). The lowest BCUT2D eigenvalue weighted by molar-refractivity contribution is -0.120.